The minimum atomic E-state index is -3.53. The molecule has 20 heavy (non-hydrogen) atoms. The van der Waals surface area contributed by atoms with Gasteiger partial charge in [0.05, 0.1) is 11.4 Å². The highest BCUT2D eigenvalue weighted by atomic mass is 32.2. The van der Waals surface area contributed by atoms with E-state index in [1.54, 1.807) is 25.6 Å². The number of aryl methyl sites for hydroxylation is 2. The van der Waals surface area contributed by atoms with Crippen LogP contribution >= 0.6 is 0 Å². The predicted molar refractivity (Wildman–Crippen MR) is 77.8 cm³/mol. The van der Waals surface area contributed by atoms with Gasteiger partial charge in [-0.25, -0.2) is 13.1 Å². The SMILES string of the molecule is Cc1nn(C)c(C)c1S(=O)(=O)NCC1(CN)CCCC1. The highest BCUT2D eigenvalue weighted by Crippen LogP contribution is 2.36. The molecule has 0 radical (unpaired) electrons. The summed E-state index contributed by atoms with van der Waals surface area (Å²) in [4.78, 5) is 0.296. The van der Waals surface area contributed by atoms with Crippen molar-refractivity contribution in [2.24, 2.45) is 18.2 Å². The maximum atomic E-state index is 12.5. The lowest BCUT2D eigenvalue weighted by molar-refractivity contribution is 0.309. The smallest absolute Gasteiger partial charge is 0.244 e. The number of nitrogens with zero attached hydrogens (tertiary/aromatic N) is 2. The molecule has 1 heterocycles. The number of rotatable bonds is 5. The first-order chi connectivity index (χ1) is 9.31. The molecule has 0 atom stereocenters. The second kappa shape index (κ2) is 5.46. The Bertz CT molecular complexity index is 586. The third kappa shape index (κ3) is 2.75. The first kappa shape index (κ1) is 15.5. The van der Waals surface area contributed by atoms with Gasteiger partial charge in [0.25, 0.3) is 0 Å². The number of nitrogens with one attached hydrogen (secondary N) is 1. The van der Waals surface area contributed by atoms with E-state index >= 15 is 0 Å². The van der Waals surface area contributed by atoms with Gasteiger partial charge < -0.3 is 5.73 Å². The molecular formula is C13H24N4O2S. The summed E-state index contributed by atoms with van der Waals surface area (Å²) in [6.45, 7) is 4.43. The molecule has 7 heteroatoms. The normalized spacial score (nSPS) is 18.6. The van der Waals surface area contributed by atoms with Crippen molar-refractivity contribution in [2.75, 3.05) is 13.1 Å². The van der Waals surface area contributed by atoms with Crippen LogP contribution in [-0.4, -0.2) is 31.3 Å². The average molecular weight is 300 g/mol. The standard InChI is InChI=1S/C13H24N4O2S/c1-10-12(11(2)17(3)16-10)20(18,19)15-9-13(8-14)6-4-5-7-13/h15H,4-9,14H2,1-3H3. The molecule has 1 aliphatic rings. The average Bonchev–Trinajstić information content (AvgIpc) is 2.94. The van der Waals surface area contributed by atoms with Gasteiger partial charge >= 0.3 is 0 Å². The number of sulfonamides is 1. The Morgan fingerprint density at radius 2 is 1.95 bits per heavy atom. The summed E-state index contributed by atoms with van der Waals surface area (Å²) in [6, 6.07) is 0. The first-order valence-electron chi connectivity index (χ1n) is 7.01. The van der Waals surface area contributed by atoms with Crippen molar-refractivity contribution in [1.82, 2.24) is 14.5 Å². The predicted octanol–water partition coefficient (Wildman–Crippen LogP) is 0.834. The van der Waals surface area contributed by atoms with E-state index < -0.39 is 10.0 Å². The summed E-state index contributed by atoms with van der Waals surface area (Å²) in [5.74, 6) is 0. The molecule has 1 aromatic heterocycles. The van der Waals surface area contributed by atoms with Crippen LogP contribution in [0.2, 0.25) is 0 Å². The summed E-state index contributed by atoms with van der Waals surface area (Å²) in [6.07, 6.45) is 4.25. The van der Waals surface area contributed by atoms with Crippen LogP contribution in [0.4, 0.5) is 0 Å². The van der Waals surface area contributed by atoms with Crippen molar-refractivity contribution in [3.8, 4) is 0 Å². The first-order valence-corrected chi connectivity index (χ1v) is 8.50. The van der Waals surface area contributed by atoms with E-state index in [1.165, 1.54) is 0 Å². The van der Waals surface area contributed by atoms with Crippen LogP contribution in [0.15, 0.2) is 4.90 Å². The molecular weight excluding hydrogens is 276 g/mol. The van der Waals surface area contributed by atoms with E-state index in [-0.39, 0.29) is 5.41 Å². The van der Waals surface area contributed by atoms with Gasteiger partial charge in [0.2, 0.25) is 10.0 Å². The molecule has 0 spiro atoms. The van der Waals surface area contributed by atoms with Gasteiger partial charge in [0.1, 0.15) is 4.90 Å². The van der Waals surface area contributed by atoms with E-state index in [1.807, 2.05) is 0 Å². The fourth-order valence-corrected chi connectivity index (χ4v) is 4.63. The molecule has 1 aliphatic carbocycles. The fourth-order valence-electron chi connectivity index (χ4n) is 3.04. The Morgan fingerprint density at radius 3 is 2.40 bits per heavy atom. The number of nitrogens with two attached hydrogens (primary N) is 1. The third-order valence-corrected chi connectivity index (χ3v) is 6.10. The Labute approximate surface area is 120 Å². The Balaban J connectivity index is 2.19. The molecule has 114 valence electrons. The zero-order chi connectivity index (χ0) is 15.0. The van der Waals surface area contributed by atoms with Crippen LogP contribution in [0.5, 0.6) is 0 Å². The lowest BCUT2D eigenvalue weighted by atomic mass is 9.87. The zero-order valence-electron chi connectivity index (χ0n) is 12.4. The van der Waals surface area contributed by atoms with Crippen molar-refractivity contribution in [3.63, 3.8) is 0 Å². The number of aromatic nitrogens is 2. The van der Waals surface area contributed by atoms with E-state index in [0.29, 0.717) is 29.4 Å². The molecule has 3 N–H and O–H groups in total. The van der Waals surface area contributed by atoms with Crippen LogP contribution in [0.1, 0.15) is 37.1 Å². The summed E-state index contributed by atoms with van der Waals surface area (Å²) >= 11 is 0. The molecule has 0 aliphatic heterocycles. The topological polar surface area (TPSA) is 90.0 Å². The molecule has 0 bridgehead atoms. The molecule has 0 unspecified atom stereocenters. The Morgan fingerprint density at radius 1 is 1.35 bits per heavy atom. The third-order valence-electron chi connectivity index (χ3n) is 4.45. The highest BCUT2D eigenvalue weighted by molar-refractivity contribution is 7.89. The van der Waals surface area contributed by atoms with Crippen molar-refractivity contribution in [3.05, 3.63) is 11.4 Å². The quantitative estimate of drug-likeness (QED) is 0.843. The molecule has 1 fully saturated rings. The minimum Gasteiger partial charge on any atom is -0.330 e. The van der Waals surface area contributed by atoms with Crippen molar-refractivity contribution in [1.29, 1.82) is 0 Å². The second-order valence-corrected chi connectivity index (χ2v) is 7.56. The van der Waals surface area contributed by atoms with Gasteiger partial charge in [-0.2, -0.15) is 5.10 Å². The lowest BCUT2D eigenvalue weighted by Gasteiger charge is -2.27. The second-order valence-electron chi connectivity index (χ2n) is 5.86. The summed E-state index contributed by atoms with van der Waals surface area (Å²) in [5, 5.41) is 4.17. The highest BCUT2D eigenvalue weighted by Gasteiger charge is 2.34. The Kier molecular flexibility index (Phi) is 4.22. The van der Waals surface area contributed by atoms with Gasteiger partial charge in [-0.05, 0) is 38.6 Å². The Hall–Kier alpha value is -0.920. The number of hydrogen-bond acceptors (Lipinski definition) is 4. The van der Waals surface area contributed by atoms with Crippen LogP contribution in [-0.2, 0) is 17.1 Å². The van der Waals surface area contributed by atoms with Crippen molar-refractivity contribution >= 4 is 10.0 Å². The van der Waals surface area contributed by atoms with E-state index in [0.717, 1.165) is 25.7 Å². The van der Waals surface area contributed by atoms with Crippen LogP contribution < -0.4 is 10.5 Å². The van der Waals surface area contributed by atoms with Crippen LogP contribution in [0.25, 0.3) is 0 Å². The molecule has 1 aromatic rings. The van der Waals surface area contributed by atoms with Gasteiger partial charge in [-0.15, -0.1) is 0 Å². The minimum absolute atomic E-state index is 0.0723. The van der Waals surface area contributed by atoms with Gasteiger partial charge in [0.15, 0.2) is 0 Å². The lowest BCUT2D eigenvalue weighted by Crippen LogP contribution is -2.40. The van der Waals surface area contributed by atoms with Crippen molar-refractivity contribution < 1.29 is 8.42 Å². The number of hydrogen-bond donors (Lipinski definition) is 2. The van der Waals surface area contributed by atoms with Gasteiger partial charge in [0, 0.05) is 13.6 Å². The molecule has 0 aromatic carbocycles. The van der Waals surface area contributed by atoms with Crippen LogP contribution in [0, 0.1) is 19.3 Å². The molecule has 6 nitrogen and oxygen atoms in total. The van der Waals surface area contributed by atoms with E-state index in [4.69, 9.17) is 5.73 Å². The fraction of sp³-hybridized carbons (Fsp3) is 0.769. The maximum absolute atomic E-state index is 12.5. The summed E-state index contributed by atoms with van der Waals surface area (Å²) in [7, 11) is -1.78. The van der Waals surface area contributed by atoms with Crippen LogP contribution in [0.3, 0.4) is 0 Å². The van der Waals surface area contributed by atoms with Crippen molar-refractivity contribution in [2.45, 2.75) is 44.4 Å². The summed E-state index contributed by atoms with van der Waals surface area (Å²) in [5.41, 5.74) is 6.97. The largest absolute Gasteiger partial charge is 0.330 e. The van der Waals surface area contributed by atoms with Gasteiger partial charge in [-0.1, -0.05) is 12.8 Å². The van der Waals surface area contributed by atoms with Gasteiger partial charge in [-0.3, -0.25) is 4.68 Å². The maximum Gasteiger partial charge on any atom is 0.244 e. The van der Waals surface area contributed by atoms with E-state index in [2.05, 4.69) is 9.82 Å². The molecule has 2 rings (SSSR count). The monoisotopic (exact) mass is 300 g/mol. The molecule has 0 amide bonds. The molecule has 0 saturated heterocycles. The van der Waals surface area contributed by atoms with E-state index in [9.17, 15) is 8.42 Å². The zero-order valence-corrected chi connectivity index (χ0v) is 13.3. The summed E-state index contributed by atoms with van der Waals surface area (Å²) < 4.78 is 29.3. The molecule has 1 saturated carbocycles.